The van der Waals surface area contributed by atoms with Crippen LogP contribution in [0.3, 0.4) is 0 Å². The number of hydrogen-bond donors (Lipinski definition) is 7. The van der Waals surface area contributed by atoms with Gasteiger partial charge in [0.1, 0.15) is 40.8 Å². The van der Waals surface area contributed by atoms with Gasteiger partial charge in [0.2, 0.25) is 0 Å². The summed E-state index contributed by atoms with van der Waals surface area (Å²) in [5, 5.41) is 77.6. The smallest absolute Gasteiger partial charge is 0.332 e. The molecular weight excluding hydrogens is 643 g/mol. The first-order chi connectivity index (χ1) is 19.4. The Balaban J connectivity index is 1.61. The molecule has 11 heteroatoms. The zero-order valence-electron chi connectivity index (χ0n) is 21.1. The van der Waals surface area contributed by atoms with Crippen LogP contribution >= 0.6 is 22.6 Å². The first kappa shape index (κ1) is 24.9. The lowest BCUT2D eigenvalue weighted by molar-refractivity contribution is -0.134. The number of carbonyl (C=O) groups excluding carboxylic acids is 2. The van der Waals surface area contributed by atoms with Gasteiger partial charge in [0.05, 0.1) is 9.50 Å². The van der Waals surface area contributed by atoms with Crippen LogP contribution in [0.15, 0.2) is 101 Å². The van der Waals surface area contributed by atoms with Crippen LogP contribution in [0, 0.1) is 41.4 Å². The first-order valence-corrected chi connectivity index (χ1v) is 14.1. The van der Waals surface area contributed by atoms with E-state index in [2.05, 4.69) is 0 Å². The molecule has 0 saturated heterocycles. The minimum Gasteiger partial charge on any atom is -0.511 e. The Labute approximate surface area is 244 Å². The summed E-state index contributed by atoms with van der Waals surface area (Å²) in [5.74, 6) is -11.9. The predicted octanol–water partition coefficient (Wildman–Crippen LogP) is 3.54. The average Bonchev–Trinajstić information content (AvgIpc) is 2.89. The quantitative estimate of drug-likeness (QED) is 0.204. The molecule has 0 aromatic rings. The number of hydrogen-bond acceptors (Lipinski definition) is 9. The maximum absolute atomic E-state index is 14.2. The van der Waals surface area contributed by atoms with E-state index < -0.39 is 88.1 Å². The van der Waals surface area contributed by atoms with Crippen molar-refractivity contribution in [2.45, 2.75) is 13.0 Å². The summed E-state index contributed by atoms with van der Waals surface area (Å²) >= 11 is 1.70. The number of aliphatic hydroxyl groups excluding tert-OH is 6. The number of aliphatic hydroxyl groups is 6. The molecule has 208 valence electrons. The molecule has 2 fully saturated rings. The number of carboxylic acid groups (broad SMARTS) is 1. The van der Waals surface area contributed by atoms with Gasteiger partial charge < -0.3 is 35.7 Å². The second-order valence-electron chi connectivity index (χ2n) is 11.7. The minimum absolute atomic E-state index is 0.00805. The highest BCUT2D eigenvalue weighted by molar-refractivity contribution is 14.1. The fraction of sp³-hybridized carbons (Fsp3) is 0.300. The number of aliphatic carboxylic acids is 1. The van der Waals surface area contributed by atoms with Crippen molar-refractivity contribution in [2.24, 2.45) is 41.4 Å². The lowest BCUT2D eigenvalue weighted by Crippen LogP contribution is -2.57. The Morgan fingerprint density at radius 3 is 2.12 bits per heavy atom. The van der Waals surface area contributed by atoms with E-state index >= 15 is 0 Å². The van der Waals surface area contributed by atoms with Gasteiger partial charge in [0, 0.05) is 46.0 Å². The van der Waals surface area contributed by atoms with E-state index in [1.54, 1.807) is 29.5 Å². The minimum atomic E-state index is -1.47. The maximum atomic E-state index is 14.2. The van der Waals surface area contributed by atoms with Crippen molar-refractivity contribution in [1.29, 1.82) is 0 Å². The monoisotopic (exact) mass is 664 g/mol. The highest BCUT2D eigenvalue weighted by Gasteiger charge is 2.67. The van der Waals surface area contributed by atoms with Crippen molar-refractivity contribution >= 4 is 40.1 Å². The van der Waals surface area contributed by atoms with Crippen molar-refractivity contribution in [3.8, 4) is 0 Å². The Hall–Kier alpha value is -3.84. The van der Waals surface area contributed by atoms with E-state index in [0.717, 1.165) is 12.2 Å². The largest absolute Gasteiger partial charge is 0.511 e. The van der Waals surface area contributed by atoms with E-state index in [0.29, 0.717) is 16.7 Å². The normalized spacial score (nSPS) is 38.3. The van der Waals surface area contributed by atoms with E-state index in [-0.39, 0.29) is 42.8 Å². The van der Waals surface area contributed by atoms with Crippen LogP contribution in [0.5, 0.6) is 0 Å². The van der Waals surface area contributed by atoms with Crippen LogP contribution in [0.1, 0.15) is 6.92 Å². The van der Waals surface area contributed by atoms with Gasteiger partial charge in [-0.3, -0.25) is 9.59 Å². The molecule has 7 N–H and O–H groups in total. The van der Waals surface area contributed by atoms with Gasteiger partial charge in [-0.15, -0.1) is 0 Å². The number of halogens is 1. The van der Waals surface area contributed by atoms with E-state index in [1.165, 1.54) is 6.08 Å². The number of rotatable bonds is 1. The number of carbonyl (C=O) groups is 3. The summed E-state index contributed by atoms with van der Waals surface area (Å²) in [6.07, 6.45) is 2.07. The van der Waals surface area contributed by atoms with Crippen LogP contribution in [0.25, 0.3) is 0 Å². The number of fused-ring (bicyclic) bond motifs is 2. The highest BCUT2D eigenvalue weighted by atomic mass is 123. The molecule has 0 radical (unpaired) electrons. The lowest BCUT2D eigenvalue weighted by atomic mass is 9.42. The summed E-state index contributed by atoms with van der Waals surface area (Å²) in [4.78, 5) is 40.9. The van der Waals surface area contributed by atoms with E-state index in [1.807, 2.05) is 0 Å². The third kappa shape index (κ3) is 2.57. The van der Waals surface area contributed by atoms with Crippen LogP contribution in [-0.2, 0) is 14.4 Å². The van der Waals surface area contributed by atoms with Gasteiger partial charge in [-0.1, -0.05) is 5.57 Å². The van der Waals surface area contributed by atoms with Crippen molar-refractivity contribution in [3.63, 3.8) is 0 Å². The van der Waals surface area contributed by atoms with Crippen LogP contribution in [-0.4, -0.2) is 59.4 Å². The van der Waals surface area contributed by atoms with Gasteiger partial charge >= 0.3 is 5.97 Å². The fourth-order valence-corrected chi connectivity index (χ4v) is 9.57. The van der Waals surface area contributed by atoms with Gasteiger partial charge in [0.25, 0.3) is 0 Å². The molecule has 0 aliphatic heterocycles. The molecule has 10 nitrogen and oxygen atoms in total. The molecule has 0 spiro atoms. The molecule has 8 unspecified atom stereocenters. The van der Waals surface area contributed by atoms with Crippen LogP contribution < -0.4 is 0 Å². The summed E-state index contributed by atoms with van der Waals surface area (Å²) in [6, 6.07) is 0. The van der Waals surface area contributed by atoms with E-state index in [9.17, 15) is 50.1 Å². The molecular formula is C30H21IO10. The van der Waals surface area contributed by atoms with Crippen molar-refractivity contribution < 1.29 is 50.1 Å². The molecule has 41 heavy (non-hydrogen) atoms. The SMILES string of the molecule is CC1=CC(O)=C2C(=O)C3C(O)=CC(O)C4=C3C3=C5C6C4=C(O)C([123I])=C(O)C6C(=O)C4=C(O)C=C(C(=O)O)C(C45)C1C23. The number of allylic oxidation sites excluding steroid dienone is 10. The zero-order valence-corrected chi connectivity index (χ0v) is 23.2. The standard InChI is InChI=1S/C30H21IO10/c1-5-2-7(32)14-17-11(5)12-6(30(40)41)3-8(33)15-18(12)21-20(17)19-13(9(34)4-10(35)16(19)26(14)36)23-22(21)24(27(15)37)29(39)25(31)28(23)38/h2-4,9,11-12,16-18,22,24,32-35,38-39H,1H3,(H,40,41)/i31-4. The second kappa shape index (κ2) is 7.51. The maximum Gasteiger partial charge on any atom is 0.332 e. The van der Waals surface area contributed by atoms with Gasteiger partial charge in [-0.25, -0.2) is 4.79 Å². The van der Waals surface area contributed by atoms with Crippen LogP contribution in [0.2, 0.25) is 0 Å². The molecule has 2 saturated carbocycles. The number of ketones is 2. The molecule has 8 atom stereocenters. The molecule has 0 aromatic carbocycles. The molecule has 8 aliphatic rings. The van der Waals surface area contributed by atoms with Gasteiger partial charge in [-0.05, 0) is 76.0 Å². The Morgan fingerprint density at radius 2 is 1.44 bits per heavy atom. The number of Topliss-reactive ketones (excluding diaryl/α,β-unsaturated/α-hetero) is 2. The summed E-state index contributed by atoms with van der Waals surface area (Å²) in [6.45, 7) is 1.70. The average molecular weight is 664 g/mol. The topological polar surface area (TPSA) is 193 Å². The second-order valence-corrected chi connectivity index (χ2v) is 12.8. The first-order valence-electron chi connectivity index (χ1n) is 13.1. The third-order valence-corrected chi connectivity index (χ3v) is 11.2. The Kier molecular flexibility index (Phi) is 4.56. The molecule has 0 heterocycles. The summed E-state index contributed by atoms with van der Waals surface area (Å²) in [7, 11) is 0. The van der Waals surface area contributed by atoms with Crippen molar-refractivity contribution in [1.82, 2.24) is 0 Å². The molecule has 0 bridgehead atoms. The molecule has 0 amide bonds. The molecule has 8 rings (SSSR count). The van der Waals surface area contributed by atoms with Crippen LogP contribution in [0.4, 0.5) is 0 Å². The lowest BCUT2D eigenvalue weighted by Gasteiger charge is -2.59. The number of carboxylic acids is 1. The van der Waals surface area contributed by atoms with Gasteiger partial charge in [-0.2, -0.15) is 0 Å². The van der Waals surface area contributed by atoms with Gasteiger partial charge in [0.15, 0.2) is 11.6 Å². The fourth-order valence-electron chi connectivity index (χ4n) is 8.94. The zero-order chi connectivity index (χ0) is 29.1. The van der Waals surface area contributed by atoms with Crippen molar-refractivity contribution in [3.05, 3.63) is 101 Å². The predicted molar refractivity (Wildman–Crippen MR) is 147 cm³/mol. The summed E-state index contributed by atoms with van der Waals surface area (Å²) in [5.41, 5.74) is 1.72. The molecule has 8 aliphatic carbocycles. The highest BCUT2D eigenvalue weighted by Crippen LogP contribution is 2.70. The van der Waals surface area contributed by atoms with Crippen molar-refractivity contribution in [2.75, 3.05) is 0 Å². The molecule has 0 aromatic heterocycles. The van der Waals surface area contributed by atoms with E-state index in [4.69, 9.17) is 0 Å². The summed E-state index contributed by atoms with van der Waals surface area (Å²) < 4.78 is -0.0370. The Morgan fingerprint density at radius 1 is 0.780 bits per heavy atom. The third-order valence-electron chi connectivity index (χ3n) is 10.1. The Bertz CT molecular complexity index is 1820.